The van der Waals surface area contributed by atoms with Crippen LogP contribution in [0.2, 0.25) is 0 Å². The molecule has 2 aromatic carbocycles. The van der Waals surface area contributed by atoms with Crippen LogP contribution < -0.4 is 15.8 Å². The van der Waals surface area contributed by atoms with Crippen LogP contribution in [0.25, 0.3) is 0 Å². The molecule has 0 spiro atoms. The molecule has 0 saturated heterocycles. The fraction of sp³-hybridized carbons (Fsp3) is 0.0455. The van der Waals surface area contributed by atoms with Crippen LogP contribution in [0.1, 0.15) is 5.56 Å². The maximum atomic E-state index is 12.1. The Balaban J connectivity index is 1.74. The highest BCUT2D eigenvalue weighted by Gasteiger charge is 2.28. The molecule has 0 unspecified atom stereocenters. The van der Waals surface area contributed by atoms with Gasteiger partial charge in [-0.15, -0.1) is 0 Å². The number of hydrazine groups is 1. The molecule has 2 N–H and O–H groups in total. The molecule has 2 heterocycles. The van der Waals surface area contributed by atoms with Gasteiger partial charge in [-0.2, -0.15) is 0 Å². The molecule has 0 aliphatic heterocycles. The minimum Gasteiger partial charge on any atom is -0.301 e. The number of hydrogen-bond donors (Lipinski definition) is 2. The number of anilines is 4. The number of aromatic nitrogens is 3. The van der Waals surface area contributed by atoms with E-state index in [0.29, 0.717) is 12.4 Å². The molecule has 4 aromatic rings. The summed E-state index contributed by atoms with van der Waals surface area (Å²) in [5.74, 6) is 0.725. The van der Waals surface area contributed by atoms with E-state index in [-0.39, 0.29) is 17.3 Å². The van der Waals surface area contributed by atoms with Crippen LogP contribution in [0.5, 0.6) is 0 Å². The van der Waals surface area contributed by atoms with Crippen molar-refractivity contribution in [3.63, 3.8) is 0 Å². The molecule has 0 saturated carbocycles. The monoisotopic (exact) mass is 413 g/mol. The van der Waals surface area contributed by atoms with Crippen molar-refractivity contribution in [2.45, 2.75) is 6.54 Å². The van der Waals surface area contributed by atoms with Crippen molar-refractivity contribution in [2.75, 3.05) is 15.8 Å². The molecule has 2 aromatic heterocycles. The van der Waals surface area contributed by atoms with Crippen LogP contribution in [0.4, 0.5) is 28.8 Å². The molecule has 154 valence electrons. The summed E-state index contributed by atoms with van der Waals surface area (Å²) in [6.45, 7) is 0.348. The molecule has 9 heteroatoms. The van der Waals surface area contributed by atoms with Crippen molar-refractivity contribution in [1.29, 1.82) is 0 Å². The number of nitro groups is 1. The second kappa shape index (κ2) is 9.31. The summed E-state index contributed by atoms with van der Waals surface area (Å²) in [5.41, 5.74) is 7.20. The quantitative estimate of drug-likeness (QED) is 0.320. The van der Waals surface area contributed by atoms with Crippen LogP contribution in [-0.4, -0.2) is 19.9 Å². The van der Waals surface area contributed by atoms with Crippen LogP contribution in [-0.2, 0) is 6.54 Å². The van der Waals surface area contributed by atoms with Gasteiger partial charge in [0.25, 0.3) is 0 Å². The maximum absolute atomic E-state index is 12.1. The van der Waals surface area contributed by atoms with E-state index in [1.54, 1.807) is 23.2 Å². The van der Waals surface area contributed by atoms with E-state index in [2.05, 4.69) is 25.8 Å². The predicted molar refractivity (Wildman–Crippen MR) is 119 cm³/mol. The number of benzene rings is 2. The molecular weight excluding hydrogens is 394 g/mol. The van der Waals surface area contributed by atoms with E-state index < -0.39 is 4.92 Å². The zero-order valence-electron chi connectivity index (χ0n) is 16.4. The Bertz CT molecular complexity index is 1140. The first kappa shape index (κ1) is 19.8. The predicted octanol–water partition coefficient (Wildman–Crippen LogP) is 4.56. The van der Waals surface area contributed by atoms with Crippen molar-refractivity contribution in [1.82, 2.24) is 15.0 Å². The fourth-order valence-corrected chi connectivity index (χ4v) is 3.02. The lowest BCUT2D eigenvalue weighted by Crippen LogP contribution is -2.22. The topological polar surface area (TPSA) is 109 Å². The second-order valence-electron chi connectivity index (χ2n) is 6.53. The maximum Gasteiger partial charge on any atom is 0.355 e. The third-order valence-corrected chi connectivity index (χ3v) is 4.45. The third kappa shape index (κ3) is 4.73. The largest absolute Gasteiger partial charge is 0.355 e. The average Bonchev–Trinajstić information content (AvgIpc) is 2.83. The standard InChI is InChI=1S/C22H19N7O2/c30-29(31)20-21(27-26-18-11-5-2-6-12-18)24-16-25-22(20)28(19-13-7-8-14-23-19)15-17-9-3-1-4-10-17/h1-14,16,26H,15H2,(H,24,25,27). The Morgan fingerprint density at radius 3 is 2.23 bits per heavy atom. The van der Waals surface area contributed by atoms with Gasteiger partial charge in [-0.3, -0.25) is 21.0 Å². The van der Waals surface area contributed by atoms with Gasteiger partial charge in [0.15, 0.2) is 0 Å². The Hall–Kier alpha value is -4.53. The Labute approximate surface area is 178 Å². The van der Waals surface area contributed by atoms with E-state index in [0.717, 1.165) is 11.3 Å². The van der Waals surface area contributed by atoms with Crippen LogP contribution in [0.15, 0.2) is 91.4 Å². The lowest BCUT2D eigenvalue weighted by atomic mass is 10.2. The zero-order chi connectivity index (χ0) is 21.5. The molecule has 4 rings (SSSR count). The second-order valence-corrected chi connectivity index (χ2v) is 6.53. The normalized spacial score (nSPS) is 10.3. The number of nitrogens with one attached hydrogen (secondary N) is 2. The fourth-order valence-electron chi connectivity index (χ4n) is 3.02. The molecule has 0 amide bonds. The minimum atomic E-state index is -0.495. The first-order valence-corrected chi connectivity index (χ1v) is 9.51. The van der Waals surface area contributed by atoms with E-state index >= 15 is 0 Å². The van der Waals surface area contributed by atoms with Crippen molar-refractivity contribution < 1.29 is 4.92 Å². The first-order valence-electron chi connectivity index (χ1n) is 9.51. The summed E-state index contributed by atoms with van der Waals surface area (Å²) in [5, 5.41) is 12.1. The number of hydrogen-bond acceptors (Lipinski definition) is 8. The van der Waals surface area contributed by atoms with Crippen molar-refractivity contribution in [3.05, 3.63) is 107 Å². The molecular formula is C22H19N7O2. The van der Waals surface area contributed by atoms with E-state index in [1.165, 1.54) is 6.33 Å². The molecule has 9 nitrogen and oxygen atoms in total. The van der Waals surface area contributed by atoms with Gasteiger partial charge in [0.2, 0.25) is 11.6 Å². The SMILES string of the molecule is O=[N+]([O-])c1c(NNc2ccccc2)ncnc1N(Cc1ccccc1)c1ccccn1. The van der Waals surface area contributed by atoms with E-state index in [4.69, 9.17) is 0 Å². The van der Waals surface area contributed by atoms with Crippen molar-refractivity contribution in [2.24, 2.45) is 0 Å². The summed E-state index contributed by atoms with van der Waals surface area (Å²) in [7, 11) is 0. The Morgan fingerprint density at radius 2 is 1.55 bits per heavy atom. The van der Waals surface area contributed by atoms with Gasteiger partial charge < -0.3 is 4.90 Å². The van der Waals surface area contributed by atoms with Crippen LogP contribution in [0.3, 0.4) is 0 Å². The smallest absolute Gasteiger partial charge is 0.301 e. The minimum absolute atomic E-state index is 0.0489. The average molecular weight is 413 g/mol. The number of rotatable bonds is 8. The molecule has 31 heavy (non-hydrogen) atoms. The molecule has 0 atom stereocenters. The summed E-state index contributed by atoms with van der Waals surface area (Å²) in [6.07, 6.45) is 2.93. The van der Waals surface area contributed by atoms with Crippen molar-refractivity contribution >= 4 is 28.8 Å². The third-order valence-electron chi connectivity index (χ3n) is 4.45. The Morgan fingerprint density at radius 1 is 0.839 bits per heavy atom. The summed E-state index contributed by atoms with van der Waals surface area (Å²) in [4.78, 5) is 26.0. The summed E-state index contributed by atoms with van der Waals surface area (Å²) >= 11 is 0. The van der Waals surface area contributed by atoms with Gasteiger partial charge in [0.1, 0.15) is 12.1 Å². The van der Waals surface area contributed by atoms with Gasteiger partial charge in [0, 0.05) is 6.20 Å². The highest BCUT2D eigenvalue weighted by Crippen LogP contribution is 2.36. The summed E-state index contributed by atoms with van der Waals surface area (Å²) in [6, 6.07) is 24.3. The molecule has 0 radical (unpaired) electrons. The van der Waals surface area contributed by atoms with E-state index in [1.807, 2.05) is 66.7 Å². The van der Waals surface area contributed by atoms with E-state index in [9.17, 15) is 10.1 Å². The molecule has 0 aliphatic rings. The number of nitrogens with zero attached hydrogens (tertiary/aromatic N) is 5. The van der Waals surface area contributed by atoms with Crippen LogP contribution in [0, 0.1) is 10.1 Å². The lowest BCUT2D eigenvalue weighted by Gasteiger charge is -2.23. The molecule has 0 fully saturated rings. The van der Waals surface area contributed by atoms with Gasteiger partial charge in [0.05, 0.1) is 17.2 Å². The Kier molecular flexibility index (Phi) is 5.94. The van der Waals surface area contributed by atoms with Gasteiger partial charge >= 0.3 is 5.69 Å². The summed E-state index contributed by atoms with van der Waals surface area (Å²) < 4.78 is 0. The van der Waals surface area contributed by atoms with Crippen LogP contribution >= 0.6 is 0 Å². The van der Waals surface area contributed by atoms with Gasteiger partial charge in [-0.1, -0.05) is 54.6 Å². The van der Waals surface area contributed by atoms with Crippen molar-refractivity contribution in [3.8, 4) is 0 Å². The molecule has 0 aliphatic carbocycles. The lowest BCUT2D eigenvalue weighted by molar-refractivity contribution is -0.383. The highest BCUT2D eigenvalue weighted by atomic mass is 16.6. The van der Waals surface area contributed by atoms with Gasteiger partial charge in [-0.05, 0) is 29.8 Å². The number of pyridine rings is 1. The first-order chi connectivity index (χ1) is 15.2. The number of para-hydroxylation sites is 1. The van der Waals surface area contributed by atoms with Gasteiger partial charge in [-0.25, -0.2) is 15.0 Å². The highest BCUT2D eigenvalue weighted by molar-refractivity contribution is 5.75. The zero-order valence-corrected chi connectivity index (χ0v) is 16.4. The molecule has 0 bridgehead atoms.